The van der Waals surface area contributed by atoms with Crippen LogP contribution >= 0.6 is 0 Å². The lowest BCUT2D eigenvalue weighted by Gasteiger charge is -2.26. The molecule has 0 aromatic heterocycles. The molecular formula is C25H34N2O. The molecule has 4 rings (SSSR count). The lowest BCUT2D eigenvalue weighted by molar-refractivity contribution is 0.230. The lowest BCUT2D eigenvalue weighted by Crippen LogP contribution is -2.36. The molecule has 1 N–H and O–H groups in total. The summed E-state index contributed by atoms with van der Waals surface area (Å²) in [5.41, 5.74) is 1.11. The Labute approximate surface area is 169 Å². The summed E-state index contributed by atoms with van der Waals surface area (Å²) in [5.74, 6) is 1.88. The van der Waals surface area contributed by atoms with E-state index in [-0.39, 0.29) is 0 Å². The van der Waals surface area contributed by atoms with Crippen LogP contribution in [-0.4, -0.2) is 43.7 Å². The summed E-state index contributed by atoms with van der Waals surface area (Å²) in [5, 5.41) is 6.08. The Kier molecular flexibility index (Phi) is 6.66. The van der Waals surface area contributed by atoms with Gasteiger partial charge in [-0.1, -0.05) is 62.2 Å². The number of nitrogens with one attached hydrogen (secondary N) is 1. The van der Waals surface area contributed by atoms with Crippen molar-refractivity contribution in [2.75, 3.05) is 32.8 Å². The van der Waals surface area contributed by atoms with Crippen LogP contribution in [0.2, 0.25) is 0 Å². The van der Waals surface area contributed by atoms with E-state index in [0.29, 0.717) is 12.6 Å². The maximum absolute atomic E-state index is 6.07. The van der Waals surface area contributed by atoms with Gasteiger partial charge in [-0.3, -0.25) is 0 Å². The molecule has 150 valence electrons. The topological polar surface area (TPSA) is 24.5 Å². The van der Waals surface area contributed by atoms with Crippen molar-refractivity contribution in [2.24, 2.45) is 5.92 Å². The van der Waals surface area contributed by atoms with Crippen LogP contribution in [0.3, 0.4) is 0 Å². The first-order chi connectivity index (χ1) is 13.8. The Bertz CT molecular complexity index is 776. The first kappa shape index (κ1) is 19.5. The first-order valence-corrected chi connectivity index (χ1v) is 11.0. The van der Waals surface area contributed by atoms with Crippen LogP contribution in [0, 0.1) is 5.92 Å². The molecule has 2 aromatic carbocycles. The fourth-order valence-electron chi connectivity index (χ4n) is 4.74. The fraction of sp³-hybridized carbons (Fsp3) is 0.520. The Hall–Kier alpha value is -1.84. The number of rotatable bonds is 8. The van der Waals surface area contributed by atoms with Crippen LogP contribution in [0.5, 0.6) is 5.75 Å². The minimum Gasteiger partial charge on any atom is -0.489 e. The molecule has 0 amide bonds. The molecule has 3 heteroatoms. The molecule has 28 heavy (non-hydrogen) atoms. The molecule has 1 aliphatic heterocycles. The SMILES string of the molecule is C=C(CNC1CCN(CC2CCCCC2)C1)COc1cccc2ccccc12. The van der Waals surface area contributed by atoms with Gasteiger partial charge in [0.2, 0.25) is 0 Å². The molecule has 1 unspecified atom stereocenters. The van der Waals surface area contributed by atoms with Gasteiger partial charge in [-0.25, -0.2) is 0 Å². The number of nitrogens with zero attached hydrogens (tertiary/aromatic N) is 1. The van der Waals surface area contributed by atoms with Crippen molar-refractivity contribution in [2.45, 2.75) is 44.6 Å². The van der Waals surface area contributed by atoms with Crippen molar-refractivity contribution in [3.8, 4) is 5.75 Å². The molecule has 1 aliphatic carbocycles. The second kappa shape index (κ2) is 9.58. The predicted octanol–water partition coefficient (Wildman–Crippen LogP) is 5.02. The van der Waals surface area contributed by atoms with E-state index in [4.69, 9.17) is 4.74 Å². The molecular weight excluding hydrogens is 344 g/mol. The summed E-state index contributed by atoms with van der Waals surface area (Å²) < 4.78 is 6.07. The highest BCUT2D eigenvalue weighted by Crippen LogP contribution is 2.26. The van der Waals surface area contributed by atoms with Crippen molar-refractivity contribution < 1.29 is 4.74 Å². The van der Waals surface area contributed by atoms with E-state index in [1.807, 2.05) is 6.07 Å². The second-order valence-corrected chi connectivity index (χ2v) is 8.65. The first-order valence-electron chi connectivity index (χ1n) is 11.0. The largest absolute Gasteiger partial charge is 0.489 e. The number of ether oxygens (including phenoxy) is 1. The zero-order valence-corrected chi connectivity index (χ0v) is 17.0. The summed E-state index contributed by atoms with van der Waals surface area (Å²) in [6, 6.07) is 15.2. The third kappa shape index (κ3) is 5.15. The maximum atomic E-state index is 6.07. The summed E-state index contributed by atoms with van der Waals surface area (Å²) in [6.45, 7) is 9.37. The average molecular weight is 379 g/mol. The Balaban J connectivity index is 1.18. The van der Waals surface area contributed by atoms with Gasteiger partial charge in [0.25, 0.3) is 0 Å². The van der Waals surface area contributed by atoms with Crippen molar-refractivity contribution in [3.05, 3.63) is 54.6 Å². The van der Waals surface area contributed by atoms with Crippen LogP contribution < -0.4 is 10.1 Å². The molecule has 1 saturated carbocycles. The van der Waals surface area contributed by atoms with Gasteiger partial charge in [-0.15, -0.1) is 0 Å². The highest BCUT2D eigenvalue weighted by molar-refractivity contribution is 5.88. The standard InChI is InChI=1S/C25H34N2O/c1-20(19-28-25-13-7-11-22-10-5-6-12-24(22)25)16-26-23-14-15-27(18-23)17-21-8-3-2-4-9-21/h5-7,10-13,21,23,26H,1-4,8-9,14-19H2. The van der Waals surface area contributed by atoms with E-state index in [0.717, 1.165) is 23.8 Å². The Morgan fingerprint density at radius 1 is 1.04 bits per heavy atom. The van der Waals surface area contributed by atoms with E-state index in [1.54, 1.807) is 0 Å². The molecule has 0 bridgehead atoms. The van der Waals surface area contributed by atoms with E-state index in [1.165, 1.54) is 68.9 Å². The number of hydrogen-bond donors (Lipinski definition) is 1. The van der Waals surface area contributed by atoms with Gasteiger partial charge in [0, 0.05) is 31.1 Å². The number of benzene rings is 2. The van der Waals surface area contributed by atoms with Crippen molar-refractivity contribution in [1.29, 1.82) is 0 Å². The van der Waals surface area contributed by atoms with Crippen LogP contribution in [0.4, 0.5) is 0 Å². The van der Waals surface area contributed by atoms with E-state index in [9.17, 15) is 0 Å². The fourth-order valence-corrected chi connectivity index (χ4v) is 4.74. The molecule has 1 atom stereocenters. The van der Waals surface area contributed by atoms with Crippen LogP contribution in [0.1, 0.15) is 38.5 Å². The number of hydrogen-bond acceptors (Lipinski definition) is 3. The lowest BCUT2D eigenvalue weighted by atomic mass is 9.89. The number of likely N-dealkylation sites (tertiary alicyclic amines) is 1. The van der Waals surface area contributed by atoms with Crippen LogP contribution in [-0.2, 0) is 0 Å². The molecule has 2 aliphatic rings. The van der Waals surface area contributed by atoms with Gasteiger partial charge in [0.05, 0.1) is 0 Å². The summed E-state index contributed by atoms with van der Waals surface area (Å²) in [4.78, 5) is 2.67. The highest BCUT2D eigenvalue weighted by atomic mass is 16.5. The van der Waals surface area contributed by atoms with E-state index >= 15 is 0 Å². The third-order valence-electron chi connectivity index (χ3n) is 6.34. The van der Waals surface area contributed by atoms with Gasteiger partial charge >= 0.3 is 0 Å². The van der Waals surface area contributed by atoms with Gasteiger partial charge in [0.15, 0.2) is 0 Å². The smallest absolute Gasteiger partial charge is 0.127 e. The molecule has 3 nitrogen and oxygen atoms in total. The van der Waals surface area contributed by atoms with E-state index in [2.05, 4.69) is 53.2 Å². The van der Waals surface area contributed by atoms with Crippen LogP contribution in [0.15, 0.2) is 54.6 Å². The molecule has 2 aromatic rings. The molecule has 0 spiro atoms. The number of fused-ring (bicyclic) bond motifs is 1. The molecule has 1 saturated heterocycles. The minimum absolute atomic E-state index is 0.569. The van der Waals surface area contributed by atoms with E-state index < -0.39 is 0 Å². The van der Waals surface area contributed by atoms with Crippen molar-refractivity contribution in [1.82, 2.24) is 10.2 Å². The Morgan fingerprint density at radius 3 is 2.75 bits per heavy atom. The zero-order valence-electron chi connectivity index (χ0n) is 17.0. The quantitative estimate of drug-likeness (QED) is 0.653. The normalized spacial score (nSPS) is 21.2. The molecule has 1 heterocycles. The zero-order chi connectivity index (χ0) is 19.2. The predicted molar refractivity (Wildman–Crippen MR) is 118 cm³/mol. The van der Waals surface area contributed by atoms with Gasteiger partial charge in [-0.05, 0) is 48.8 Å². The van der Waals surface area contributed by atoms with Crippen LogP contribution in [0.25, 0.3) is 10.8 Å². The summed E-state index contributed by atoms with van der Waals surface area (Å²) in [6.07, 6.45) is 8.47. The summed E-state index contributed by atoms with van der Waals surface area (Å²) >= 11 is 0. The van der Waals surface area contributed by atoms with Gasteiger partial charge in [0.1, 0.15) is 12.4 Å². The Morgan fingerprint density at radius 2 is 1.86 bits per heavy atom. The highest BCUT2D eigenvalue weighted by Gasteiger charge is 2.25. The minimum atomic E-state index is 0.569. The molecule has 0 radical (unpaired) electrons. The summed E-state index contributed by atoms with van der Waals surface area (Å²) in [7, 11) is 0. The van der Waals surface area contributed by atoms with Gasteiger partial charge < -0.3 is 15.0 Å². The average Bonchev–Trinajstić information content (AvgIpc) is 3.18. The monoisotopic (exact) mass is 378 g/mol. The van der Waals surface area contributed by atoms with Crippen molar-refractivity contribution in [3.63, 3.8) is 0 Å². The van der Waals surface area contributed by atoms with Gasteiger partial charge in [-0.2, -0.15) is 0 Å². The van der Waals surface area contributed by atoms with Crippen molar-refractivity contribution >= 4 is 10.8 Å². The molecule has 2 fully saturated rings. The third-order valence-corrected chi connectivity index (χ3v) is 6.34. The maximum Gasteiger partial charge on any atom is 0.127 e. The second-order valence-electron chi connectivity index (χ2n) is 8.65.